The molecule has 0 amide bonds. The Morgan fingerprint density at radius 3 is 3.10 bits per heavy atom. The molecule has 0 saturated carbocycles. The number of aryl methyl sites for hydroxylation is 1. The molecule has 0 aliphatic carbocycles. The number of Topliss-reactive ketones (excluding diaryl/α,β-unsaturated/α-hetero) is 1. The van der Waals surface area contributed by atoms with E-state index in [1.54, 1.807) is 49.7 Å². The van der Waals surface area contributed by atoms with Crippen molar-refractivity contribution in [3.63, 3.8) is 0 Å². The molecule has 1 aromatic heterocycles. The van der Waals surface area contributed by atoms with Gasteiger partial charge in [0.15, 0.2) is 5.71 Å². The number of allylic oxidation sites excluding steroid dienone is 3. The monoisotopic (exact) mass is 300 g/mol. The summed E-state index contributed by atoms with van der Waals surface area (Å²) in [6.45, 7) is 1.80. The van der Waals surface area contributed by atoms with Crippen LogP contribution in [0.1, 0.15) is 16.2 Å². The molecule has 0 saturated heterocycles. The summed E-state index contributed by atoms with van der Waals surface area (Å²) in [4.78, 5) is 16.6. The van der Waals surface area contributed by atoms with Gasteiger partial charge in [-0.3, -0.25) is 9.10 Å². The Labute approximate surface area is 125 Å². The number of fused-ring (bicyclic) bond motifs is 1. The van der Waals surface area contributed by atoms with Gasteiger partial charge in [0.05, 0.1) is 17.8 Å². The molecule has 2 N–H and O–H groups in total. The molecule has 21 heavy (non-hydrogen) atoms. The van der Waals surface area contributed by atoms with Crippen molar-refractivity contribution in [3.05, 3.63) is 65.4 Å². The van der Waals surface area contributed by atoms with Crippen LogP contribution in [0.25, 0.3) is 0 Å². The zero-order chi connectivity index (χ0) is 14.8. The Bertz CT molecular complexity index is 721. The van der Waals surface area contributed by atoms with Gasteiger partial charge in [0.1, 0.15) is 5.69 Å². The summed E-state index contributed by atoms with van der Waals surface area (Å²) in [6, 6.07) is 5.15. The molecule has 1 aromatic rings. The minimum absolute atomic E-state index is 0.0261. The minimum Gasteiger partial charge on any atom is -0.410 e. The lowest BCUT2D eigenvalue weighted by Crippen LogP contribution is -2.20. The fourth-order valence-electron chi connectivity index (χ4n) is 2.01. The van der Waals surface area contributed by atoms with Crippen molar-refractivity contribution in [1.82, 2.24) is 14.0 Å². The minimum atomic E-state index is -0.412. The van der Waals surface area contributed by atoms with Crippen molar-refractivity contribution in [2.24, 2.45) is 5.16 Å². The van der Waals surface area contributed by atoms with E-state index in [0.29, 0.717) is 5.57 Å². The van der Waals surface area contributed by atoms with Crippen LogP contribution in [0.3, 0.4) is 0 Å². The third-order valence-corrected chi connectivity index (χ3v) is 3.77. The van der Waals surface area contributed by atoms with E-state index in [9.17, 15) is 10.0 Å². The molecule has 7 heteroatoms. The fraction of sp³-hybridized carbons (Fsp3) is 0.0714. The van der Waals surface area contributed by atoms with Crippen LogP contribution >= 0.6 is 12.1 Å². The van der Waals surface area contributed by atoms with Gasteiger partial charge in [-0.05, 0) is 31.2 Å². The van der Waals surface area contributed by atoms with Crippen LogP contribution in [0.4, 0.5) is 0 Å². The zero-order valence-electron chi connectivity index (χ0n) is 11.1. The number of carbonyl (C=O) groups excluding carboxylic acids is 1. The van der Waals surface area contributed by atoms with Gasteiger partial charge in [0.25, 0.3) is 0 Å². The van der Waals surface area contributed by atoms with E-state index < -0.39 is 5.78 Å². The number of rotatable bonds is 3. The maximum Gasteiger partial charge on any atom is 0.233 e. The molecular formula is C14H12N4O2S. The number of pyridine rings is 1. The first-order chi connectivity index (χ1) is 10.2. The van der Waals surface area contributed by atoms with Crippen molar-refractivity contribution in [3.8, 4) is 0 Å². The molecule has 3 rings (SSSR count). The van der Waals surface area contributed by atoms with E-state index in [1.807, 2.05) is 4.31 Å². The lowest BCUT2D eigenvalue weighted by Gasteiger charge is -2.17. The fourth-order valence-corrected chi connectivity index (χ4v) is 2.63. The molecule has 0 spiro atoms. The molecule has 0 bridgehead atoms. The molecule has 3 heterocycles. The highest BCUT2D eigenvalue weighted by Gasteiger charge is 2.24. The number of nitrogens with one attached hydrogen (secondary N) is 1. The van der Waals surface area contributed by atoms with E-state index in [1.165, 1.54) is 12.1 Å². The number of hydrogen-bond donors (Lipinski definition) is 2. The molecule has 0 fully saturated rings. The van der Waals surface area contributed by atoms with Gasteiger partial charge >= 0.3 is 0 Å². The first-order valence-corrected chi connectivity index (χ1v) is 6.99. The summed E-state index contributed by atoms with van der Waals surface area (Å²) in [5, 5.41) is 12.4. The average Bonchev–Trinajstić information content (AvgIpc) is 2.95. The van der Waals surface area contributed by atoms with Crippen LogP contribution in [0.15, 0.2) is 59.2 Å². The van der Waals surface area contributed by atoms with Crippen molar-refractivity contribution in [1.29, 1.82) is 0 Å². The van der Waals surface area contributed by atoms with Crippen molar-refractivity contribution >= 4 is 23.6 Å². The number of aromatic nitrogens is 1. The third-order valence-electron chi connectivity index (χ3n) is 3.01. The van der Waals surface area contributed by atoms with E-state index >= 15 is 0 Å². The number of hydrogen-bond acceptors (Lipinski definition) is 7. The van der Waals surface area contributed by atoms with E-state index in [2.05, 4.69) is 14.9 Å². The molecule has 0 aromatic carbocycles. The van der Waals surface area contributed by atoms with Gasteiger partial charge in [0, 0.05) is 23.7 Å². The number of oxime groups is 1. The highest BCUT2D eigenvalue weighted by molar-refractivity contribution is 7.95. The summed E-state index contributed by atoms with van der Waals surface area (Å²) in [7, 11) is 0. The Hall–Kier alpha value is -2.54. The topological polar surface area (TPSA) is 77.8 Å². The van der Waals surface area contributed by atoms with Gasteiger partial charge in [0.2, 0.25) is 5.78 Å². The van der Waals surface area contributed by atoms with Crippen LogP contribution in [0.2, 0.25) is 0 Å². The molecule has 2 aliphatic heterocycles. The van der Waals surface area contributed by atoms with Crippen LogP contribution < -0.4 is 4.72 Å². The van der Waals surface area contributed by atoms with E-state index in [0.717, 1.165) is 11.4 Å². The van der Waals surface area contributed by atoms with E-state index in [-0.39, 0.29) is 11.4 Å². The summed E-state index contributed by atoms with van der Waals surface area (Å²) in [6.07, 6.45) is 7.10. The smallest absolute Gasteiger partial charge is 0.233 e. The number of ketones is 1. The highest BCUT2D eigenvalue weighted by atomic mass is 32.2. The maximum atomic E-state index is 12.4. The number of carbonyl (C=O) groups is 1. The lowest BCUT2D eigenvalue weighted by atomic mass is 10.0. The molecule has 0 radical (unpaired) electrons. The van der Waals surface area contributed by atoms with Gasteiger partial charge in [-0.15, -0.1) is 0 Å². The van der Waals surface area contributed by atoms with Crippen molar-refractivity contribution in [2.45, 2.75) is 6.92 Å². The molecule has 106 valence electrons. The lowest BCUT2D eigenvalue weighted by molar-refractivity contribution is 0.105. The first-order valence-electron chi connectivity index (χ1n) is 6.21. The van der Waals surface area contributed by atoms with Crippen LogP contribution in [0.5, 0.6) is 0 Å². The van der Waals surface area contributed by atoms with Crippen molar-refractivity contribution in [2.75, 3.05) is 0 Å². The average molecular weight is 300 g/mol. The van der Waals surface area contributed by atoms with Gasteiger partial charge in [-0.25, -0.2) is 4.98 Å². The van der Waals surface area contributed by atoms with Gasteiger partial charge in [-0.2, -0.15) is 0 Å². The molecular weight excluding hydrogens is 288 g/mol. The summed E-state index contributed by atoms with van der Waals surface area (Å²) >= 11 is 1.41. The Morgan fingerprint density at radius 2 is 2.33 bits per heavy atom. The van der Waals surface area contributed by atoms with Crippen LogP contribution in [-0.2, 0) is 0 Å². The predicted octanol–water partition coefficient (Wildman–Crippen LogP) is 2.17. The normalized spacial score (nSPS) is 17.0. The zero-order valence-corrected chi connectivity index (χ0v) is 12.0. The standard InChI is InChI=1S/C14H12N4O2S/c1-9-3-2-4-12(16-9)14(19)13(17-20)10-5-6-18-11(7-10)8-15-21-18/h2-8,15,20H,1H3. The highest BCUT2D eigenvalue weighted by Crippen LogP contribution is 2.28. The first kappa shape index (κ1) is 13.4. The van der Waals surface area contributed by atoms with Crippen molar-refractivity contribution < 1.29 is 10.0 Å². The Balaban J connectivity index is 1.93. The number of nitrogens with zero attached hydrogens (tertiary/aromatic N) is 3. The predicted molar refractivity (Wildman–Crippen MR) is 80.4 cm³/mol. The van der Waals surface area contributed by atoms with Gasteiger partial charge < -0.3 is 9.93 Å². The quantitative estimate of drug-likeness (QED) is 0.293. The second-order valence-corrected chi connectivity index (χ2v) is 5.27. The Kier molecular flexibility index (Phi) is 3.49. The van der Waals surface area contributed by atoms with Crippen LogP contribution in [-0.4, -0.2) is 26.0 Å². The second kappa shape index (κ2) is 5.45. The largest absolute Gasteiger partial charge is 0.410 e. The summed E-state index contributed by atoms with van der Waals surface area (Å²) in [5.41, 5.74) is 2.38. The third kappa shape index (κ3) is 2.55. The summed E-state index contributed by atoms with van der Waals surface area (Å²) < 4.78 is 4.89. The Morgan fingerprint density at radius 1 is 1.48 bits per heavy atom. The molecule has 0 atom stereocenters. The maximum absolute atomic E-state index is 12.4. The summed E-state index contributed by atoms with van der Waals surface area (Å²) in [5.74, 6) is -0.412. The van der Waals surface area contributed by atoms with Gasteiger partial charge in [-0.1, -0.05) is 11.2 Å². The SMILES string of the molecule is Cc1cccc(C(=O)C(=NO)C2=CC3=CNSN3C=C2)n1. The van der Waals surface area contributed by atoms with E-state index in [4.69, 9.17) is 0 Å². The molecule has 6 nitrogen and oxygen atoms in total. The molecule has 0 unspecified atom stereocenters. The molecule has 2 aliphatic rings. The second-order valence-electron chi connectivity index (χ2n) is 4.46. The van der Waals surface area contributed by atoms with Crippen LogP contribution in [0, 0.1) is 6.92 Å².